The van der Waals surface area contributed by atoms with Crippen LogP contribution in [0.2, 0.25) is 0 Å². The second kappa shape index (κ2) is 6.05. The fourth-order valence-corrected chi connectivity index (χ4v) is 4.33. The maximum Gasteiger partial charge on any atom is 0.224 e. The molecular weight excluding hydrogens is 330 g/mol. The zero-order chi connectivity index (χ0) is 13.9. The highest BCUT2D eigenvalue weighted by Crippen LogP contribution is 2.14. The summed E-state index contributed by atoms with van der Waals surface area (Å²) in [6.07, 6.45) is 1.64. The number of carbonyl (C=O) groups is 1. The van der Waals surface area contributed by atoms with Gasteiger partial charge in [-0.15, -0.1) is 0 Å². The lowest BCUT2D eigenvalue weighted by atomic mass is 10.1. The zero-order valence-corrected chi connectivity index (χ0v) is 12.8. The Balaban J connectivity index is 1.91. The van der Waals surface area contributed by atoms with Crippen LogP contribution in [0.25, 0.3) is 0 Å². The number of hydrogen-bond acceptors (Lipinski definition) is 3. The summed E-state index contributed by atoms with van der Waals surface area (Å²) >= 11 is 3.35. The third kappa shape index (κ3) is 4.62. The first kappa shape index (κ1) is 14.5. The summed E-state index contributed by atoms with van der Waals surface area (Å²) in [4.78, 5) is 11.9. The summed E-state index contributed by atoms with van der Waals surface area (Å²) in [6, 6.07) is 7.30. The molecule has 1 aliphatic rings. The topological polar surface area (TPSA) is 63.2 Å². The number of benzene rings is 1. The highest BCUT2D eigenvalue weighted by molar-refractivity contribution is 9.10. The molecule has 0 aromatic heterocycles. The van der Waals surface area contributed by atoms with Gasteiger partial charge in [0.15, 0.2) is 9.84 Å². The molecule has 1 aliphatic heterocycles. The summed E-state index contributed by atoms with van der Waals surface area (Å²) in [7, 11) is -2.98. The Hall–Kier alpha value is -0.880. The van der Waals surface area contributed by atoms with Gasteiger partial charge in [-0.1, -0.05) is 28.1 Å². The van der Waals surface area contributed by atoms with E-state index in [1.54, 1.807) is 0 Å². The number of sulfone groups is 1. The van der Waals surface area contributed by atoms with E-state index in [1.165, 1.54) is 0 Å². The van der Waals surface area contributed by atoms with Crippen molar-refractivity contribution < 1.29 is 13.2 Å². The van der Waals surface area contributed by atoms with Crippen LogP contribution in [0.1, 0.15) is 18.4 Å². The van der Waals surface area contributed by atoms with Crippen LogP contribution in [0.4, 0.5) is 0 Å². The van der Waals surface area contributed by atoms with Crippen molar-refractivity contribution in [3.8, 4) is 0 Å². The average Bonchev–Trinajstić information content (AvgIpc) is 2.27. The Labute approximate surface area is 121 Å². The second-order valence-corrected chi connectivity index (χ2v) is 7.97. The largest absolute Gasteiger partial charge is 0.352 e. The SMILES string of the molecule is O=C(Cc1cccc(Br)c1)NC1CCCS(=O)(=O)C1. The van der Waals surface area contributed by atoms with Gasteiger partial charge < -0.3 is 5.32 Å². The average molecular weight is 346 g/mol. The van der Waals surface area contributed by atoms with Gasteiger partial charge in [0.25, 0.3) is 0 Å². The lowest BCUT2D eigenvalue weighted by Crippen LogP contribution is -2.43. The number of carbonyl (C=O) groups excluding carboxylic acids is 1. The molecule has 1 N–H and O–H groups in total. The standard InChI is InChI=1S/C13H16BrNO3S/c14-11-4-1-3-10(7-11)8-13(16)15-12-5-2-6-19(17,18)9-12/h1,3-4,7,12H,2,5-6,8-9H2,(H,15,16). The van der Waals surface area contributed by atoms with Gasteiger partial charge >= 0.3 is 0 Å². The molecule has 4 nitrogen and oxygen atoms in total. The van der Waals surface area contributed by atoms with Crippen LogP contribution in [0.5, 0.6) is 0 Å². The van der Waals surface area contributed by atoms with Crippen LogP contribution >= 0.6 is 15.9 Å². The van der Waals surface area contributed by atoms with Crippen LogP contribution in [0.15, 0.2) is 28.7 Å². The first-order chi connectivity index (χ1) is 8.94. The van der Waals surface area contributed by atoms with Crippen molar-refractivity contribution in [3.05, 3.63) is 34.3 Å². The minimum Gasteiger partial charge on any atom is -0.352 e. The van der Waals surface area contributed by atoms with Gasteiger partial charge in [0.1, 0.15) is 0 Å². The van der Waals surface area contributed by atoms with Gasteiger partial charge in [-0.25, -0.2) is 8.42 Å². The van der Waals surface area contributed by atoms with Crippen LogP contribution in [0, 0.1) is 0 Å². The third-order valence-electron chi connectivity index (χ3n) is 3.08. The Morgan fingerprint density at radius 1 is 1.42 bits per heavy atom. The van der Waals surface area contributed by atoms with E-state index in [4.69, 9.17) is 0 Å². The maximum atomic E-state index is 11.9. The maximum absolute atomic E-state index is 11.9. The van der Waals surface area contributed by atoms with Crippen LogP contribution in [-0.2, 0) is 21.1 Å². The highest BCUT2D eigenvalue weighted by atomic mass is 79.9. The van der Waals surface area contributed by atoms with Crippen molar-refractivity contribution in [2.75, 3.05) is 11.5 Å². The van der Waals surface area contributed by atoms with Crippen LogP contribution in [0.3, 0.4) is 0 Å². The lowest BCUT2D eigenvalue weighted by molar-refractivity contribution is -0.121. The molecule has 2 rings (SSSR count). The first-order valence-corrected chi connectivity index (χ1v) is 8.80. The fraction of sp³-hybridized carbons (Fsp3) is 0.462. The van der Waals surface area contributed by atoms with Crippen molar-refractivity contribution in [3.63, 3.8) is 0 Å². The Kier molecular flexibility index (Phi) is 4.62. The molecule has 1 atom stereocenters. The van der Waals surface area contributed by atoms with Crippen molar-refractivity contribution >= 4 is 31.7 Å². The molecular formula is C13H16BrNO3S. The predicted molar refractivity (Wildman–Crippen MR) is 77.7 cm³/mol. The summed E-state index contributed by atoms with van der Waals surface area (Å²) in [5.41, 5.74) is 0.908. The smallest absolute Gasteiger partial charge is 0.224 e. The molecule has 1 heterocycles. The fourth-order valence-electron chi connectivity index (χ4n) is 2.25. The number of rotatable bonds is 3. The van der Waals surface area contributed by atoms with E-state index >= 15 is 0 Å². The van der Waals surface area contributed by atoms with E-state index in [2.05, 4.69) is 21.2 Å². The summed E-state index contributed by atoms with van der Waals surface area (Å²) in [5.74, 6) is 0.183. The van der Waals surface area contributed by atoms with Gasteiger partial charge in [-0.2, -0.15) is 0 Å². The van der Waals surface area contributed by atoms with E-state index in [9.17, 15) is 13.2 Å². The van der Waals surface area contributed by atoms with Crippen molar-refractivity contribution in [2.24, 2.45) is 0 Å². The quantitative estimate of drug-likeness (QED) is 0.906. The minimum atomic E-state index is -2.98. The molecule has 0 saturated carbocycles. The van der Waals surface area contributed by atoms with E-state index in [0.29, 0.717) is 6.42 Å². The number of nitrogens with one attached hydrogen (secondary N) is 1. The molecule has 1 saturated heterocycles. The van der Waals surface area contributed by atoms with Crippen molar-refractivity contribution in [2.45, 2.75) is 25.3 Å². The molecule has 1 aromatic carbocycles. The monoisotopic (exact) mass is 345 g/mol. The molecule has 104 valence electrons. The van der Waals surface area contributed by atoms with Gasteiger partial charge in [0.2, 0.25) is 5.91 Å². The molecule has 6 heteroatoms. The Morgan fingerprint density at radius 2 is 2.21 bits per heavy atom. The number of halogens is 1. The Morgan fingerprint density at radius 3 is 2.89 bits per heavy atom. The Bertz CT molecular complexity index is 571. The molecule has 1 aromatic rings. The first-order valence-electron chi connectivity index (χ1n) is 6.19. The lowest BCUT2D eigenvalue weighted by Gasteiger charge is -2.23. The normalized spacial score (nSPS) is 21.8. The summed E-state index contributed by atoms with van der Waals surface area (Å²) in [6.45, 7) is 0. The summed E-state index contributed by atoms with van der Waals surface area (Å²) in [5, 5.41) is 2.81. The van der Waals surface area contributed by atoms with Crippen molar-refractivity contribution in [1.29, 1.82) is 0 Å². The van der Waals surface area contributed by atoms with Gasteiger partial charge in [0, 0.05) is 10.5 Å². The van der Waals surface area contributed by atoms with E-state index in [1.807, 2.05) is 24.3 Å². The van der Waals surface area contributed by atoms with E-state index < -0.39 is 9.84 Å². The summed E-state index contributed by atoms with van der Waals surface area (Å²) < 4.78 is 23.9. The molecule has 1 unspecified atom stereocenters. The molecule has 1 amide bonds. The predicted octanol–water partition coefficient (Wildman–Crippen LogP) is 1.69. The van der Waals surface area contributed by atoms with Crippen molar-refractivity contribution in [1.82, 2.24) is 5.32 Å². The van der Waals surface area contributed by atoms with Gasteiger partial charge in [-0.3, -0.25) is 4.79 Å². The van der Waals surface area contributed by atoms with Gasteiger partial charge in [-0.05, 0) is 30.5 Å². The number of amides is 1. The molecule has 0 radical (unpaired) electrons. The van der Waals surface area contributed by atoms with E-state index in [0.717, 1.165) is 16.5 Å². The molecule has 19 heavy (non-hydrogen) atoms. The van der Waals surface area contributed by atoms with Gasteiger partial charge in [0.05, 0.1) is 17.9 Å². The molecule has 1 fully saturated rings. The molecule has 0 spiro atoms. The van der Waals surface area contributed by atoms with Crippen LogP contribution in [-0.4, -0.2) is 31.9 Å². The highest BCUT2D eigenvalue weighted by Gasteiger charge is 2.25. The third-order valence-corrected chi connectivity index (χ3v) is 5.40. The molecule has 0 bridgehead atoms. The zero-order valence-electron chi connectivity index (χ0n) is 10.4. The minimum absolute atomic E-state index is 0.0667. The van der Waals surface area contributed by atoms with E-state index in [-0.39, 0.29) is 29.9 Å². The second-order valence-electron chi connectivity index (χ2n) is 4.83. The molecule has 0 aliphatic carbocycles. The number of hydrogen-bond donors (Lipinski definition) is 1. The van der Waals surface area contributed by atoms with Crippen LogP contribution < -0.4 is 5.32 Å².